The quantitative estimate of drug-likeness (QED) is 0.809. The normalized spacial score (nSPS) is 17.2. The van der Waals surface area contributed by atoms with Crippen LogP contribution in [-0.4, -0.2) is 47.8 Å². The molecule has 1 saturated heterocycles. The number of hydrogen-bond acceptors (Lipinski definition) is 6. The van der Waals surface area contributed by atoms with E-state index in [1.165, 1.54) is 0 Å². The van der Waals surface area contributed by atoms with E-state index >= 15 is 0 Å². The Hall–Kier alpha value is -3.29. The summed E-state index contributed by atoms with van der Waals surface area (Å²) in [6, 6.07) is 8.52. The van der Waals surface area contributed by atoms with Crippen LogP contribution in [0.5, 0.6) is 11.5 Å². The number of rotatable bonds is 5. The van der Waals surface area contributed by atoms with E-state index in [0.29, 0.717) is 55.2 Å². The molecule has 3 heterocycles. The van der Waals surface area contributed by atoms with Crippen LogP contribution in [0.4, 0.5) is 0 Å². The zero-order chi connectivity index (χ0) is 21.1. The number of hydrogen-bond donors (Lipinski definition) is 1. The molecule has 2 aliphatic heterocycles. The van der Waals surface area contributed by atoms with Crippen LogP contribution in [-0.2, 0) is 16.1 Å². The van der Waals surface area contributed by atoms with Gasteiger partial charge in [0.05, 0.1) is 24.8 Å². The second kappa shape index (κ2) is 8.22. The van der Waals surface area contributed by atoms with Crippen LogP contribution in [0.1, 0.15) is 42.3 Å². The molecular weight excluding hydrogens is 388 g/mol. The number of ketones is 1. The van der Waals surface area contributed by atoms with Crippen LogP contribution >= 0.6 is 0 Å². The minimum absolute atomic E-state index is 0.0234. The summed E-state index contributed by atoms with van der Waals surface area (Å²) in [5.74, 6) is 1.35. The zero-order valence-electron chi connectivity index (χ0n) is 16.8. The first-order valence-corrected chi connectivity index (χ1v) is 9.98. The van der Waals surface area contributed by atoms with E-state index in [1.807, 2.05) is 0 Å². The first-order chi connectivity index (χ1) is 14.4. The van der Waals surface area contributed by atoms with Crippen molar-refractivity contribution in [3.63, 3.8) is 0 Å². The molecule has 8 nitrogen and oxygen atoms in total. The summed E-state index contributed by atoms with van der Waals surface area (Å²) < 4.78 is 17.0. The van der Waals surface area contributed by atoms with Gasteiger partial charge in [-0.25, -0.2) is 0 Å². The first kappa shape index (κ1) is 20.0. The fourth-order valence-corrected chi connectivity index (χ4v) is 3.87. The monoisotopic (exact) mass is 412 g/mol. The van der Waals surface area contributed by atoms with Gasteiger partial charge in [-0.2, -0.15) is 0 Å². The largest absolute Gasteiger partial charge is 0.486 e. The number of fused-ring (bicyclic) bond motifs is 1. The molecular formula is C22H24N2O6. The SMILES string of the molecule is CC(=O)N1CCC2(CC1)CC(=O)c1ccc(OCC(=O)NCc3ccco3)cc1O2. The van der Waals surface area contributed by atoms with Crippen molar-refractivity contribution < 1.29 is 28.3 Å². The second-order valence-corrected chi connectivity index (χ2v) is 7.69. The summed E-state index contributed by atoms with van der Waals surface area (Å²) in [5, 5.41) is 2.71. The molecule has 30 heavy (non-hydrogen) atoms. The van der Waals surface area contributed by atoms with Gasteiger partial charge in [0.15, 0.2) is 12.4 Å². The van der Waals surface area contributed by atoms with Gasteiger partial charge in [0, 0.05) is 38.9 Å². The Bertz CT molecular complexity index is 945. The van der Waals surface area contributed by atoms with Gasteiger partial charge in [-0.15, -0.1) is 0 Å². The Morgan fingerprint density at radius 2 is 2.03 bits per heavy atom. The van der Waals surface area contributed by atoms with E-state index in [1.54, 1.807) is 48.4 Å². The van der Waals surface area contributed by atoms with Crippen LogP contribution in [0.15, 0.2) is 41.0 Å². The summed E-state index contributed by atoms with van der Waals surface area (Å²) in [4.78, 5) is 38.0. The number of amides is 2. The van der Waals surface area contributed by atoms with Crippen molar-refractivity contribution in [2.75, 3.05) is 19.7 Å². The molecule has 0 aliphatic carbocycles. The van der Waals surface area contributed by atoms with Crippen LogP contribution < -0.4 is 14.8 Å². The summed E-state index contributed by atoms with van der Waals surface area (Å²) >= 11 is 0. The van der Waals surface area contributed by atoms with Gasteiger partial charge >= 0.3 is 0 Å². The van der Waals surface area contributed by atoms with Gasteiger partial charge in [0.2, 0.25) is 5.91 Å². The molecule has 0 atom stereocenters. The Morgan fingerprint density at radius 1 is 1.23 bits per heavy atom. The molecule has 0 saturated carbocycles. The molecule has 2 aliphatic rings. The van der Waals surface area contributed by atoms with Crippen LogP contribution in [0.25, 0.3) is 0 Å². The van der Waals surface area contributed by atoms with Crippen LogP contribution in [0.3, 0.4) is 0 Å². The highest BCUT2D eigenvalue weighted by Gasteiger charge is 2.43. The molecule has 2 amide bonds. The summed E-state index contributed by atoms with van der Waals surface area (Å²) in [6.45, 7) is 2.82. The number of likely N-dealkylation sites (tertiary alicyclic amines) is 1. The molecule has 1 spiro atoms. The van der Waals surface area contributed by atoms with Gasteiger partial charge in [-0.3, -0.25) is 14.4 Å². The van der Waals surface area contributed by atoms with Gasteiger partial charge in [0.25, 0.3) is 5.91 Å². The molecule has 4 rings (SSSR count). The zero-order valence-corrected chi connectivity index (χ0v) is 16.8. The van der Waals surface area contributed by atoms with E-state index in [9.17, 15) is 14.4 Å². The van der Waals surface area contributed by atoms with E-state index in [2.05, 4.69) is 5.32 Å². The van der Waals surface area contributed by atoms with E-state index < -0.39 is 5.60 Å². The van der Waals surface area contributed by atoms with Crippen LogP contribution in [0.2, 0.25) is 0 Å². The molecule has 1 aromatic carbocycles. The van der Waals surface area contributed by atoms with Gasteiger partial charge in [0.1, 0.15) is 22.9 Å². The Kier molecular flexibility index (Phi) is 5.48. The molecule has 8 heteroatoms. The molecule has 1 aromatic heterocycles. The Morgan fingerprint density at radius 3 is 2.73 bits per heavy atom. The minimum Gasteiger partial charge on any atom is -0.486 e. The third kappa shape index (κ3) is 4.32. The molecule has 0 unspecified atom stereocenters. The van der Waals surface area contributed by atoms with E-state index in [4.69, 9.17) is 13.9 Å². The van der Waals surface area contributed by atoms with E-state index in [0.717, 1.165) is 0 Å². The fourth-order valence-electron chi connectivity index (χ4n) is 3.87. The molecule has 1 N–H and O–H groups in total. The number of ether oxygens (including phenoxy) is 2. The molecule has 1 fully saturated rings. The standard InChI is InChI=1S/C22H24N2O6/c1-15(25)24-8-6-22(7-9-24)12-19(26)18-5-4-16(11-20(18)30-22)29-14-21(27)23-13-17-3-2-10-28-17/h2-5,10-11H,6-9,12-14H2,1H3,(H,23,27). The van der Waals surface area contributed by atoms with Crippen molar-refractivity contribution in [1.29, 1.82) is 0 Å². The van der Waals surface area contributed by atoms with Crippen molar-refractivity contribution in [1.82, 2.24) is 10.2 Å². The highest BCUT2D eigenvalue weighted by molar-refractivity contribution is 6.00. The van der Waals surface area contributed by atoms with Crippen LogP contribution in [0, 0.1) is 0 Å². The lowest BCUT2D eigenvalue weighted by Crippen LogP contribution is -2.51. The molecule has 158 valence electrons. The summed E-state index contributed by atoms with van der Waals surface area (Å²) in [5.41, 5.74) is -0.0704. The van der Waals surface area contributed by atoms with Gasteiger partial charge < -0.3 is 24.1 Å². The Labute approximate surface area is 174 Å². The fraction of sp³-hybridized carbons (Fsp3) is 0.409. The first-order valence-electron chi connectivity index (χ1n) is 9.98. The number of piperidine rings is 1. The number of carbonyl (C=O) groups excluding carboxylic acids is 3. The predicted octanol–water partition coefficient (Wildman–Crippen LogP) is 2.32. The second-order valence-electron chi connectivity index (χ2n) is 7.69. The van der Waals surface area contributed by atoms with Gasteiger partial charge in [-0.05, 0) is 24.3 Å². The average Bonchev–Trinajstić information content (AvgIpc) is 3.24. The van der Waals surface area contributed by atoms with Crippen molar-refractivity contribution in [2.24, 2.45) is 0 Å². The number of nitrogens with zero attached hydrogens (tertiary/aromatic N) is 1. The lowest BCUT2D eigenvalue weighted by Gasteiger charge is -2.43. The lowest BCUT2D eigenvalue weighted by molar-refractivity contribution is -0.132. The smallest absolute Gasteiger partial charge is 0.258 e. The average molecular weight is 412 g/mol. The maximum Gasteiger partial charge on any atom is 0.258 e. The third-order valence-corrected chi connectivity index (χ3v) is 5.59. The maximum absolute atomic E-state index is 12.7. The topological polar surface area (TPSA) is 98.1 Å². The van der Waals surface area contributed by atoms with Crippen molar-refractivity contribution >= 4 is 17.6 Å². The molecule has 2 aromatic rings. The highest BCUT2D eigenvalue weighted by Crippen LogP contribution is 2.40. The molecule has 0 bridgehead atoms. The van der Waals surface area contributed by atoms with Gasteiger partial charge in [-0.1, -0.05) is 0 Å². The number of Topliss-reactive ketones (excluding diaryl/α,β-unsaturated/α-hetero) is 1. The number of furan rings is 1. The summed E-state index contributed by atoms with van der Waals surface area (Å²) in [7, 11) is 0. The van der Waals surface area contributed by atoms with Crippen molar-refractivity contribution in [3.05, 3.63) is 47.9 Å². The molecule has 0 radical (unpaired) electrons. The number of nitrogens with one attached hydrogen (secondary N) is 1. The third-order valence-electron chi connectivity index (χ3n) is 5.59. The van der Waals surface area contributed by atoms with Crippen molar-refractivity contribution in [2.45, 2.75) is 38.3 Å². The van der Waals surface area contributed by atoms with E-state index in [-0.39, 0.29) is 30.7 Å². The number of carbonyl (C=O) groups is 3. The predicted molar refractivity (Wildman–Crippen MR) is 106 cm³/mol. The lowest BCUT2D eigenvalue weighted by atomic mass is 9.82. The highest BCUT2D eigenvalue weighted by atomic mass is 16.5. The maximum atomic E-state index is 12.7. The number of benzene rings is 1. The summed E-state index contributed by atoms with van der Waals surface area (Å²) in [6.07, 6.45) is 3.07. The van der Waals surface area contributed by atoms with Crippen molar-refractivity contribution in [3.8, 4) is 11.5 Å². The Balaban J connectivity index is 1.37. The minimum atomic E-state index is -0.588.